The van der Waals surface area contributed by atoms with Crippen molar-refractivity contribution in [2.45, 2.75) is 25.8 Å². The van der Waals surface area contributed by atoms with Gasteiger partial charge < -0.3 is 27.4 Å². The minimum absolute atomic E-state index is 0.139. The number of amides is 1. The van der Waals surface area contributed by atoms with E-state index in [9.17, 15) is 4.79 Å². The van der Waals surface area contributed by atoms with Crippen LogP contribution in [-0.4, -0.2) is 35.0 Å². The number of nitrogens with zero attached hydrogens (tertiary/aromatic N) is 2. The van der Waals surface area contributed by atoms with Gasteiger partial charge in [-0.05, 0) is 31.9 Å². The molecule has 0 unspecified atom stereocenters. The van der Waals surface area contributed by atoms with Crippen LogP contribution in [0.25, 0.3) is 0 Å². The molecule has 7 nitrogen and oxygen atoms in total. The second-order valence-electron chi connectivity index (χ2n) is 5.68. The van der Waals surface area contributed by atoms with Crippen LogP contribution in [0.4, 0.5) is 11.4 Å². The van der Waals surface area contributed by atoms with E-state index in [1.165, 1.54) is 0 Å². The molecule has 7 N–H and O–H groups in total. The number of hydrogen-bond donors (Lipinski definition) is 4. The minimum Gasteiger partial charge on any atom is -0.402 e. The van der Waals surface area contributed by atoms with Crippen LogP contribution in [0, 0.1) is 0 Å². The zero-order valence-electron chi connectivity index (χ0n) is 13.1. The van der Waals surface area contributed by atoms with Gasteiger partial charge in [-0.1, -0.05) is 12.2 Å². The number of allylic oxidation sites excluding steroid dienone is 1. The van der Waals surface area contributed by atoms with Gasteiger partial charge in [0, 0.05) is 24.8 Å². The molecule has 1 aromatic rings. The normalized spacial score (nSPS) is 18.6. The topological polar surface area (TPSA) is 123 Å². The fourth-order valence-electron chi connectivity index (χ4n) is 2.54. The lowest BCUT2D eigenvalue weighted by atomic mass is 10.1. The van der Waals surface area contributed by atoms with Crippen LogP contribution in [0.15, 0.2) is 24.0 Å². The summed E-state index contributed by atoms with van der Waals surface area (Å²) in [5, 5.41) is 2.97. The lowest BCUT2D eigenvalue weighted by Gasteiger charge is -2.32. The molecule has 0 aliphatic carbocycles. The van der Waals surface area contributed by atoms with Crippen molar-refractivity contribution < 1.29 is 4.79 Å². The Morgan fingerprint density at radius 3 is 2.87 bits per heavy atom. The minimum atomic E-state index is -0.620. The molecule has 2 heterocycles. The van der Waals surface area contributed by atoms with E-state index in [4.69, 9.17) is 29.4 Å². The van der Waals surface area contributed by atoms with E-state index < -0.39 is 5.91 Å². The molecular formula is C15H22N6OS. The second-order valence-corrected chi connectivity index (χ2v) is 6.12. The SMILES string of the molecule is CC(N)=CC(=S)Nc1cc(N2CCC[C@@H](N)C2)cnc1C(N)=O. The van der Waals surface area contributed by atoms with Crippen molar-refractivity contribution in [2.75, 3.05) is 23.3 Å². The molecule has 1 aliphatic heterocycles. The molecule has 1 amide bonds. The van der Waals surface area contributed by atoms with Gasteiger partial charge >= 0.3 is 0 Å². The summed E-state index contributed by atoms with van der Waals surface area (Å²) < 4.78 is 0. The van der Waals surface area contributed by atoms with E-state index in [1.807, 2.05) is 6.07 Å². The number of hydrogen-bond acceptors (Lipinski definition) is 6. The van der Waals surface area contributed by atoms with Crippen molar-refractivity contribution in [3.05, 3.63) is 29.7 Å². The standard InChI is InChI=1S/C15H22N6OS/c1-9(16)5-13(23)20-12-6-11(7-19-14(12)15(18)22)21-4-2-3-10(17)8-21/h5-7,10H,2-4,8,16-17H2,1H3,(H2,18,22)(H,20,23)/t10-/m1/s1. The molecule has 0 bridgehead atoms. The molecule has 0 aromatic carbocycles. The van der Waals surface area contributed by atoms with Gasteiger partial charge in [0.15, 0.2) is 5.69 Å². The van der Waals surface area contributed by atoms with Gasteiger partial charge in [-0.15, -0.1) is 0 Å². The van der Waals surface area contributed by atoms with Gasteiger partial charge in [-0.3, -0.25) is 4.79 Å². The lowest BCUT2D eigenvalue weighted by molar-refractivity contribution is 0.0996. The Kier molecular flexibility index (Phi) is 5.51. The summed E-state index contributed by atoms with van der Waals surface area (Å²) >= 11 is 5.20. The first-order valence-corrected chi connectivity index (χ1v) is 7.82. The van der Waals surface area contributed by atoms with Crippen molar-refractivity contribution in [2.24, 2.45) is 17.2 Å². The highest BCUT2D eigenvalue weighted by Gasteiger charge is 2.19. The van der Waals surface area contributed by atoms with Crippen LogP contribution in [0.1, 0.15) is 30.3 Å². The van der Waals surface area contributed by atoms with Crippen molar-refractivity contribution in [1.82, 2.24) is 4.98 Å². The number of carbonyl (C=O) groups is 1. The fourth-order valence-corrected chi connectivity index (χ4v) is 2.83. The average molecular weight is 334 g/mol. The van der Waals surface area contributed by atoms with E-state index in [1.54, 1.807) is 19.2 Å². The maximum absolute atomic E-state index is 11.6. The van der Waals surface area contributed by atoms with Gasteiger partial charge in [0.2, 0.25) is 0 Å². The number of thiocarbonyl (C=S) groups is 1. The Morgan fingerprint density at radius 2 is 2.26 bits per heavy atom. The van der Waals surface area contributed by atoms with E-state index in [0.29, 0.717) is 16.4 Å². The third-order valence-electron chi connectivity index (χ3n) is 3.55. The molecule has 124 valence electrons. The number of nitrogens with one attached hydrogen (secondary N) is 1. The van der Waals surface area contributed by atoms with Crippen LogP contribution in [0.5, 0.6) is 0 Å². The highest BCUT2D eigenvalue weighted by Crippen LogP contribution is 2.24. The van der Waals surface area contributed by atoms with Crippen LogP contribution in [-0.2, 0) is 0 Å². The van der Waals surface area contributed by atoms with Crippen LogP contribution < -0.4 is 27.4 Å². The molecule has 1 saturated heterocycles. The second kappa shape index (κ2) is 7.38. The average Bonchev–Trinajstić information content (AvgIpc) is 2.46. The molecule has 8 heteroatoms. The van der Waals surface area contributed by atoms with Crippen molar-refractivity contribution in [1.29, 1.82) is 0 Å². The van der Waals surface area contributed by atoms with Crippen molar-refractivity contribution in [3.8, 4) is 0 Å². The molecule has 0 spiro atoms. The molecule has 1 aromatic heterocycles. The largest absolute Gasteiger partial charge is 0.402 e. The van der Waals surface area contributed by atoms with Gasteiger partial charge in [-0.25, -0.2) is 4.98 Å². The molecular weight excluding hydrogens is 312 g/mol. The molecule has 1 aliphatic rings. The number of piperidine rings is 1. The quantitative estimate of drug-likeness (QED) is 0.472. The molecule has 23 heavy (non-hydrogen) atoms. The first-order valence-electron chi connectivity index (χ1n) is 7.42. The Balaban J connectivity index is 2.30. The Hall–Kier alpha value is -2.19. The van der Waals surface area contributed by atoms with Crippen LogP contribution >= 0.6 is 12.2 Å². The monoisotopic (exact) mass is 334 g/mol. The van der Waals surface area contributed by atoms with Crippen molar-refractivity contribution in [3.63, 3.8) is 0 Å². The summed E-state index contributed by atoms with van der Waals surface area (Å²) in [5.74, 6) is -0.620. The number of rotatable bonds is 4. The first kappa shape index (κ1) is 17.2. The number of pyridine rings is 1. The van der Waals surface area contributed by atoms with Gasteiger partial charge in [0.1, 0.15) is 4.99 Å². The van der Waals surface area contributed by atoms with E-state index >= 15 is 0 Å². The number of nitrogens with two attached hydrogens (primary N) is 3. The Morgan fingerprint density at radius 1 is 1.52 bits per heavy atom. The zero-order valence-corrected chi connectivity index (χ0v) is 13.9. The van der Waals surface area contributed by atoms with Gasteiger partial charge in [0.25, 0.3) is 5.91 Å². The lowest BCUT2D eigenvalue weighted by Crippen LogP contribution is -2.43. The number of aromatic nitrogens is 1. The maximum atomic E-state index is 11.6. The number of primary amides is 1. The third kappa shape index (κ3) is 4.64. The number of anilines is 2. The van der Waals surface area contributed by atoms with Crippen molar-refractivity contribution >= 4 is 34.5 Å². The third-order valence-corrected chi connectivity index (χ3v) is 3.77. The summed E-state index contributed by atoms with van der Waals surface area (Å²) in [6.45, 7) is 3.38. The summed E-state index contributed by atoms with van der Waals surface area (Å²) in [6.07, 6.45) is 5.27. The first-order chi connectivity index (χ1) is 10.9. The highest BCUT2D eigenvalue weighted by atomic mass is 32.1. The molecule has 0 radical (unpaired) electrons. The number of carbonyl (C=O) groups excluding carboxylic acids is 1. The molecule has 1 atom stereocenters. The fraction of sp³-hybridized carbons (Fsp3) is 0.400. The zero-order chi connectivity index (χ0) is 17.0. The summed E-state index contributed by atoms with van der Waals surface area (Å²) in [4.78, 5) is 18.3. The summed E-state index contributed by atoms with van der Waals surface area (Å²) in [7, 11) is 0. The predicted octanol–water partition coefficient (Wildman–Crippen LogP) is 0.710. The predicted molar refractivity (Wildman–Crippen MR) is 96.3 cm³/mol. The molecule has 2 rings (SSSR count). The van der Waals surface area contributed by atoms with Crippen LogP contribution in [0.3, 0.4) is 0 Å². The summed E-state index contributed by atoms with van der Waals surface area (Å²) in [5.41, 5.74) is 19.1. The van der Waals surface area contributed by atoms with E-state index in [-0.39, 0.29) is 11.7 Å². The van der Waals surface area contributed by atoms with Gasteiger partial charge in [-0.2, -0.15) is 0 Å². The Bertz CT molecular complexity index is 641. The molecule has 1 fully saturated rings. The van der Waals surface area contributed by atoms with Gasteiger partial charge in [0.05, 0.1) is 17.6 Å². The van der Waals surface area contributed by atoms with E-state index in [2.05, 4.69) is 15.2 Å². The smallest absolute Gasteiger partial charge is 0.269 e. The highest BCUT2D eigenvalue weighted by molar-refractivity contribution is 7.81. The summed E-state index contributed by atoms with van der Waals surface area (Å²) in [6, 6.07) is 1.96. The Labute approximate surface area is 140 Å². The van der Waals surface area contributed by atoms with E-state index in [0.717, 1.165) is 31.6 Å². The molecule has 0 saturated carbocycles. The van der Waals surface area contributed by atoms with Crippen LogP contribution in [0.2, 0.25) is 0 Å². The maximum Gasteiger partial charge on any atom is 0.269 e.